The fourth-order valence-electron chi connectivity index (χ4n) is 3.30. The third kappa shape index (κ3) is 4.32. The predicted octanol–water partition coefficient (Wildman–Crippen LogP) is 2.80. The zero-order chi connectivity index (χ0) is 15.9. The molecule has 1 heterocycles. The quantitative estimate of drug-likeness (QED) is 0.786. The van der Waals surface area contributed by atoms with Crippen molar-refractivity contribution in [3.05, 3.63) is 35.9 Å². The summed E-state index contributed by atoms with van der Waals surface area (Å²) in [6, 6.07) is 12.8. The molecule has 0 aliphatic carbocycles. The molecule has 2 atom stereocenters. The van der Waals surface area contributed by atoms with Gasteiger partial charge in [-0.3, -0.25) is 9.69 Å². The first-order valence-electron chi connectivity index (χ1n) is 8.06. The fraction of sp³-hybridized carbons (Fsp3) is 0.556. The number of nitrogens with zero attached hydrogens (tertiary/aromatic N) is 3. The average molecular weight is 299 g/mol. The van der Waals surface area contributed by atoms with Gasteiger partial charge in [0.05, 0.1) is 19.2 Å². The van der Waals surface area contributed by atoms with Gasteiger partial charge in [0.15, 0.2) is 0 Å². The van der Waals surface area contributed by atoms with Gasteiger partial charge < -0.3 is 4.90 Å². The molecule has 118 valence electrons. The van der Waals surface area contributed by atoms with E-state index in [1.54, 1.807) is 0 Å². The van der Waals surface area contributed by atoms with Crippen molar-refractivity contribution in [1.82, 2.24) is 9.80 Å². The summed E-state index contributed by atoms with van der Waals surface area (Å²) in [6.07, 6.45) is 3.35. The highest BCUT2D eigenvalue weighted by Crippen LogP contribution is 2.22. The van der Waals surface area contributed by atoms with E-state index in [0.29, 0.717) is 25.2 Å². The maximum Gasteiger partial charge on any atom is 0.237 e. The SMILES string of the molecule is C[C@@H]1CCC[C@@H](C)N1C(=O)CN(CC#N)Cc1ccccc1. The van der Waals surface area contributed by atoms with Gasteiger partial charge in [-0.25, -0.2) is 0 Å². The minimum atomic E-state index is 0.144. The van der Waals surface area contributed by atoms with Crippen LogP contribution in [0.5, 0.6) is 0 Å². The van der Waals surface area contributed by atoms with E-state index in [1.165, 1.54) is 6.42 Å². The van der Waals surface area contributed by atoms with Crippen molar-refractivity contribution in [3.63, 3.8) is 0 Å². The van der Waals surface area contributed by atoms with Gasteiger partial charge in [-0.1, -0.05) is 30.3 Å². The fourth-order valence-corrected chi connectivity index (χ4v) is 3.30. The zero-order valence-electron chi connectivity index (χ0n) is 13.5. The number of rotatable bonds is 5. The Labute approximate surface area is 133 Å². The summed E-state index contributed by atoms with van der Waals surface area (Å²) in [5.41, 5.74) is 1.13. The maximum absolute atomic E-state index is 12.7. The van der Waals surface area contributed by atoms with Crippen LogP contribution in [0, 0.1) is 11.3 Å². The highest BCUT2D eigenvalue weighted by atomic mass is 16.2. The van der Waals surface area contributed by atoms with Crippen LogP contribution in [0.3, 0.4) is 0 Å². The highest BCUT2D eigenvalue weighted by Gasteiger charge is 2.29. The Balaban J connectivity index is 2.00. The minimum absolute atomic E-state index is 0.144. The standard InChI is InChI=1S/C18H25N3O/c1-15-7-6-8-16(2)21(15)18(22)14-20(12-11-19)13-17-9-4-3-5-10-17/h3-5,9-10,15-16H,6-8,12-14H2,1-2H3/t15-,16-/m1/s1. The Morgan fingerprint density at radius 2 is 1.91 bits per heavy atom. The number of nitriles is 1. The van der Waals surface area contributed by atoms with E-state index in [1.807, 2.05) is 40.1 Å². The molecule has 1 aliphatic heterocycles. The molecule has 0 saturated carbocycles. The lowest BCUT2D eigenvalue weighted by Gasteiger charge is -2.40. The van der Waals surface area contributed by atoms with Crippen molar-refractivity contribution in [1.29, 1.82) is 5.26 Å². The third-order valence-corrected chi connectivity index (χ3v) is 4.38. The van der Waals surface area contributed by atoms with E-state index in [2.05, 4.69) is 19.9 Å². The van der Waals surface area contributed by atoms with Crippen LogP contribution in [0.25, 0.3) is 0 Å². The van der Waals surface area contributed by atoms with Crippen LogP contribution in [0.4, 0.5) is 0 Å². The highest BCUT2D eigenvalue weighted by molar-refractivity contribution is 5.79. The molecule has 1 fully saturated rings. The van der Waals surface area contributed by atoms with Gasteiger partial charge >= 0.3 is 0 Å². The normalized spacial score (nSPS) is 21.6. The number of amides is 1. The molecule has 22 heavy (non-hydrogen) atoms. The van der Waals surface area contributed by atoms with Crippen LogP contribution in [-0.2, 0) is 11.3 Å². The second-order valence-corrected chi connectivity index (χ2v) is 6.22. The molecule has 1 amide bonds. The molecule has 0 N–H and O–H groups in total. The number of likely N-dealkylation sites (tertiary alicyclic amines) is 1. The summed E-state index contributed by atoms with van der Waals surface area (Å²) in [6.45, 7) is 5.48. The summed E-state index contributed by atoms with van der Waals surface area (Å²) in [7, 11) is 0. The molecular formula is C18H25N3O. The maximum atomic E-state index is 12.7. The van der Waals surface area contributed by atoms with Crippen molar-refractivity contribution in [2.24, 2.45) is 0 Å². The Hall–Kier alpha value is -1.86. The number of piperidine rings is 1. The number of carbonyl (C=O) groups excluding carboxylic acids is 1. The smallest absolute Gasteiger partial charge is 0.237 e. The van der Waals surface area contributed by atoms with E-state index in [0.717, 1.165) is 18.4 Å². The van der Waals surface area contributed by atoms with Crippen LogP contribution in [0.2, 0.25) is 0 Å². The second-order valence-electron chi connectivity index (χ2n) is 6.22. The minimum Gasteiger partial charge on any atom is -0.336 e. The van der Waals surface area contributed by atoms with Crippen LogP contribution in [0.1, 0.15) is 38.7 Å². The van der Waals surface area contributed by atoms with Gasteiger partial charge in [-0.2, -0.15) is 5.26 Å². The molecule has 1 saturated heterocycles. The second kappa shape index (κ2) is 7.95. The van der Waals surface area contributed by atoms with Gasteiger partial charge in [0.25, 0.3) is 0 Å². The zero-order valence-corrected chi connectivity index (χ0v) is 13.5. The average Bonchev–Trinajstić information content (AvgIpc) is 2.48. The topological polar surface area (TPSA) is 47.3 Å². The third-order valence-electron chi connectivity index (χ3n) is 4.38. The molecule has 0 radical (unpaired) electrons. The van der Waals surface area contributed by atoms with Gasteiger partial charge in [-0.05, 0) is 38.7 Å². The molecule has 0 spiro atoms. The summed E-state index contributed by atoms with van der Waals surface area (Å²) >= 11 is 0. The largest absolute Gasteiger partial charge is 0.336 e. The predicted molar refractivity (Wildman–Crippen MR) is 87.0 cm³/mol. The van der Waals surface area contributed by atoms with Gasteiger partial charge in [-0.15, -0.1) is 0 Å². The molecule has 0 unspecified atom stereocenters. The van der Waals surface area contributed by atoms with Crippen molar-refractivity contribution in [2.45, 2.75) is 51.7 Å². The lowest BCUT2D eigenvalue weighted by molar-refractivity contribution is -0.138. The molecule has 1 aromatic carbocycles. The van der Waals surface area contributed by atoms with Crippen molar-refractivity contribution in [2.75, 3.05) is 13.1 Å². The van der Waals surface area contributed by atoms with Crippen LogP contribution in [0.15, 0.2) is 30.3 Å². The van der Waals surface area contributed by atoms with Gasteiger partial charge in [0.1, 0.15) is 0 Å². The molecule has 0 bridgehead atoms. The number of carbonyl (C=O) groups is 1. The Bertz CT molecular complexity index is 513. The lowest BCUT2D eigenvalue weighted by atomic mass is 9.97. The summed E-state index contributed by atoms with van der Waals surface area (Å²) in [5, 5.41) is 9.03. The van der Waals surface area contributed by atoms with E-state index >= 15 is 0 Å². The first-order chi connectivity index (χ1) is 10.6. The number of hydrogen-bond donors (Lipinski definition) is 0. The molecule has 1 aliphatic rings. The molecule has 1 aromatic rings. The number of hydrogen-bond acceptors (Lipinski definition) is 3. The molecule has 4 heteroatoms. The Kier molecular flexibility index (Phi) is 5.97. The first-order valence-corrected chi connectivity index (χ1v) is 8.06. The van der Waals surface area contributed by atoms with Crippen LogP contribution >= 0.6 is 0 Å². The van der Waals surface area contributed by atoms with Crippen LogP contribution in [-0.4, -0.2) is 40.9 Å². The number of benzene rings is 1. The van der Waals surface area contributed by atoms with E-state index in [9.17, 15) is 4.79 Å². The van der Waals surface area contributed by atoms with E-state index in [4.69, 9.17) is 5.26 Å². The van der Waals surface area contributed by atoms with E-state index < -0.39 is 0 Å². The lowest BCUT2D eigenvalue weighted by Crippen LogP contribution is -2.51. The molecular weight excluding hydrogens is 274 g/mol. The van der Waals surface area contributed by atoms with Gasteiger partial charge in [0.2, 0.25) is 5.91 Å². The summed E-state index contributed by atoms with van der Waals surface area (Å²) in [5.74, 6) is 0.144. The summed E-state index contributed by atoms with van der Waals surface area (Å²) < 4.78 is 0. The van der Waals surface area contributed by atoms with Crippen LogP contribution < -0.4 is 0 Å². The van der Waals surface area contributed by atoms with Crippen molar-refractivity contribution in [3.8, 4) is 6.07 Å². The monoisotopic (exact) mass is 299 g/mol. The molecule has 2 rings (SSSR count). The van der Waals surface area contributed by atoms with Gasteiger partial charge in [0, 0.05) is 18.6 Å². The van der Waals surface area contributed by atoms with Crippen molar-refractivity contribution < 1.29 is 4.79 Å². The molecule has 4 nitrogen and oxygen atoms in total. The Morgan fingerprint density at radius 1 is 1.27 bits per heavy atom. The first kappa shape index (κ1) is 16.5. The van der Waals surface area contributed by atoms with E-state index in [-0.39, 0.29) is 12.5 Å². The molecule has 0 aromatic heterocycles. The summed E-state index contributed by atoms with van der Waals surface area (Å²) in [4.78, 5) is 16.6. The van der Waals surface area contributed by atoms with Crippen molar-refractivity contribution >= 4 is 5.91 Å². The Morgan fingerprint density at radius 3 is 2.50 bits per heavy atom.